The number of benzene rings is 3. The van der Waals surface area contributed by atoms with Crippen LogP contribution in [0.5, 0.6) is 0 Å². The fourth-order valence-electron chi connectivity index (χ4n) is 6.19. The van der Waals surface area contributed by atoms with Gasteiger partial charge in [0.15, 0.2) is 0 Å². The molecule has 7 nitrogen and oxygen atoms in total. The largest absolute Gasteiger partial charge is 0.445 e. The molecule has 0 aliphatic carbocycles. The predicted octanol–water partition coefficient (Wildman–Crippen LogP) is 6.54. The zero-order valence-corrected chi connectivity index (χ0v) is 25.0. The lowest BCUT2D eigenvalue weighted by molar-refractivity contribution is 0.0509. The first kappa shape index (κ1) is 30.9. The third kappa shape index (κ3) is 7.57. The number of halogens is 3. The molecule has 236 valence electrons. The van der Waals surface area contributed by atoms with E-state index in [0.29, 0.717) is 37.8 Å². The van der Waals surface area contributed by atoms with Crippen LogP contribution >= 0.6 is 0 Å². The van der Waals surface area contributed by atoms with Gasteiger partial charge in [0.05, 0.1) is 18.3 Å². The highest BCUT2D eigenvalue weighted by Crippen LogP contribution is 2.34. The molecule has 1 amide bonds. The van der Waals surface area contributed by atoms with E-state index in [1.54, 1.807) is 6.20 Å². The summed E-state index contributed by atoms with van der Waals surface area (Å²) in [6.45, 7) is 2.26. The summed E-state index contributed by atoms with van der Waals surface area (Å²) >= 11 is 0. The highest BCUT2D eigenvalue weighted by Gasteiger charge is 2.38. The number of aromatic nitrogens is 2. The van der Waals surface area contributed by atoms with E-state index in [1.807, 2.05) is 65.2 Å². The van der Waals surface area contributed by atoms with Gasteiger partial charge in [-0.2, -0.15) is 0 Å². The SMILES string of the molecule is O=C(OCc1ccccc1)N1CC(CN[C@@H](c2nc(-c3cc(F)ccc3F)cn2Cc2ccccc2)C2CCOCC2)[C@@H](F)C1. The number of amides is 1. The summed E-state index contributed by atoms with van der Waals surface area (Å²) < 4.78 is 57.5. The number of alkyl halides is 1. The number of hydrogen-bond acceptors (Lipinski definition) is 5. The van der Waals surface area contributed by atoms with E-state index in [2.05, 4.69) is 5.32 Å². The minimum atomic E-state index is -1.22. The number of carbonyl (C=O) groups is 1. The van der Waals surface area contributed by atoms with Gasteiger partial charge in [0.25, 0.3) is 0 Å². The number of hydrogen-bond donors (Lipinski definition) is 1. The van der Waals surface area contributed by atoms with Gasteiger partial charge in [-0.05, 0) is 48.1 Å². The number of ether oxygens (including phenoxy) is 2. The molecule has 6 rings (SSSR count). The van der Waals surface area contributed by atoms with Crippen molar-refractivity contribution in [3.05, 3.63) is 114 Å². The van der Waals surface area contributed by atoms with E-state index in [1.165, 1.54) is 4.90 Å². The molecule has 2 aliphatic heterocycles. The minimum absolute atomic E-state index is 0.0342. The van der Waals surface area contributed by atoms with Crippen LogP contribution in [0.1, 0.15) is 35.8 Å². The number of nitrogens with zero attached hydrogens (tertiary/aromatic N) is 3. The first-order chi connectivity index (χ1) is 21.9. The Balaban J connectivity index is 1.23. The van der Waals surface area contributed by atoms with Crippen molar-refractivity contribution in [2.45, 2.75) is 38.2 Å². The van der Waals surface area contributed by atoms with E-state index < -0.39 is 29.8 Å². The van der Waals surface area contributed by atoms with Crippen molar-refractivity contribution in [3.63, 3.8) is 0 Å². The molecule has 0 radical (unpaired) electrons. The Morgan fingerprint density at radius 1 is 0.978 bits per heavy atom. The van der Waals surface area contributed by atoms with E-state index in [9.17, 15) is 13.6 Å². The standard InChI is InChI=1S/C35H37F3N4O3/c36-28-11-12-30(37)29(17-28)32-22-41(19-24-7-3-1-4-8-24)34(40-32)33(26-13-15-44-16-14-26)39-18-27-20-42(21-31(27)38)35(43)45-23-25-9-5-2-6-10-25/h1-12,17,22,26-27,31,33,39H,13-16,18-21,23H2/t27?,31-,33+/m0/s1. The first-order valence-electron chi connectivity index (χ1n) is 15.4. The Hall–Kier alpha value is -4.15. The summed E-state index contributed by atoms with van der Waals surface area (Å²) in [6.07, 6.45) is 1.53. The number of imidazole rings is 1. The van der Waals surface area contributed by atoms with Crippen LogP contribution in [-0.2, 0) is 22.6 Å². The number of rotatable bonds is 10. The van der Waals surface area contributed by atoms with E-state index in [0.717, 1.165) is 42.2 Å². The van der Waals surface area contributed by atoms with Crippen LogP contribution in [0.3, 0.4) is 0 Å². The smallest absolute Gasteiger partial charge is 0.410 e. The van der Waals surface area contributed by atoms with Crippen LogP contribution in [0.4, 0.5) is 18.0 Å². The van der Waals surface area contributed by atoms with Gasteiger partial charge >= 0.3 is 6.09 Å². The molecular formula is C35H37F3N4O3. The summed E-state index contributed by atoms with van der Waals surface area (Å²) in [7, 11) is 0. The maximum atomic E-state index is 15.3. The monoisotopic (exact) mass is 618 g/mol. The Labute approximate surface area is 261 Å². The number of likely N-dealkylation sites (tertiary alicyclic amines) is 1. The molecule has 0 bridgehead atoms. The molecule has 0 saturated carbocycles. The van der Waals surface area contributed by atoms with Crippen LogP contribution < -0.4 is 5.32 Å². The maximum Gasteiger partial charge on any atom is 0.410 e. The molecule has 2 fully saturated rings. The predicted molar refractivity (Wildman–Crippen MR) is 164 cm³/mol. The first-order valence-corrected chi connectivity index (χ1v) is 15.4. The molecule has 1 unspecified atom stereocenters. The Morgan fingerprint density at radius 2 is 1.69 bits per heavy atom. The fraction of sp³-hybridized carbons (Fsp3) is 0.371. The summed E-state index contributed by atoms with van der Waals surface area (Å²) in [6, 6.07) is 22.2. The van der Waals surface area contributed by atoms with E-state index >= 15 is 4.39 Å². The summed E-state index contributed by atoms with van der Waals surface area (Å²) in [4.78, 5) is 19.1. The van der Waals surface area contributed by atoms with Gasteiger partial charge in [-0.25, -0.2) is 22.9 Å². The molecule has 1 N–H and O–H groups in total. The van der Waals surface area contributed by atoms with Crippen LogP contribution in [0.2, 0.25) is 0 Å². The zero-order valence-electron chi connectivity index (χ0n) is 25.0. The van der Waals surface area contributed by atoms with Gasteiger partial charge < -0.3 is 24.3 Å². The molecule has 2 saturated heterocycles. The second-order valence-electron chi connectivity index (χ2n) is 11.8. The maximum absolute atomic E-state index is 15.3. The van der Waals surface area contributed by atoms with E-state index in [-0.39, 0.29) is 37.2 Å². The third-order valence-corrected chi connectivity index (χ3v) is 8.65. The van der Waals surface area contributed by atoms with E-state index in [4.69, 9.17) is 14.5 Å². The summed E-state index contributed by atoms with van der Waals surface area (Å²) in [5.41, 5.74) is 2.30. The van der Waals surface area contributed by atoms with Crippen molar-refractivity contribution < 1.29 is 27.4 Å². The van der Waals surface area contributed by atoms with Crippen molar-refractivity contribution in [1.29, 1.82) is 0 Å². The number of carbonyl (C=O) groups excluding carboxylic acids is 1. The summed E-state index contributed by atoms with van der Waals surface area (Å²) in [5.74, 6) is -0.779. The van der Waals surface area contributed by atoms with Gasteiger partial charge in [-0.15, -0.1) is 0 Å². The molecule has 45 heavy (non-hydrogen) atoms. The van der Waals surface area contributed by atoms with Gasteiger partial charge in [-0.3, -0.25) is 0 Å². The van der Waals surface area contributed by atoms with Crippen LogP contribution in [0, 0.1) is 23.5 Å². The molecule has 4 aromatic rings. The topological polar surface area (TPSA) is 68.6 Å². The average molecular weight is 619 g/mol. The molecule has 1 aromatic heterocycles. The zero-order chi connectivity index (χ0) is 31.2. The quantitative estimate of drug-likeness (QED) is 0.219. The molecule has 3 atom stereocenters. The fourth-order valence-corrected chi connectivity index (χ4v) is 6.19. The molecule has 3 aromatic carbocycles. The Morgan fingerprint density at radius 3 is 2.42 bits per heavy atom. The van der Waals surface area contributed by atoms with Gasteiger partial charge in [0, 0.05) is 50.5 Å². The average Bonchev–Trinajstić information content (AvgIpc) is 3.65. The van der Waals surface area contributed by atoms with Crippen molar-refractivity contribution in [1.82, 2.24) is 19.8 Å². The van der Waals surface area contributed by atoms with Crippen LogP contribution in [0.25, 0.3) is 11.3 Å². The second kappa shape index (κ2) is 14.3. The highest BCUT2D eigenvalue weighted by atomic mass is 19.1. The Bertz CT molecular complexity index is 1560. The van der Waals surface area contributed by atoms with Gasteiger partial charge in [-0.1, -0.05) is 60.7 Å². The van der Waals surface area contributed by atoms with Crippen molar-refractivity contribution in [3.8, 4) is 11.3 Å². The molecule has 2 aliphatic rings. The molecular weight excluding hydrogens is 581 g/mol. The molecule has 3 heterocycles. The minimum Gasteiger partial charge on any atom is -0.445 e. The normalized spacial score (nSPS) is 19.5. The van der Waals surface area contributed by atoms with Crippen molar-refractivity contribution in [2.75, 3.05) is 32.8 Å². The third-order valence-electron chi connectivity index (χ3n) is 8.65. The number of nitrogens with one attached hydrogen (secondary N) is 1. The van der Waals surface area contributed by atoms with Crippen molar-refractivity contribution in [2.24, 2.45) is 11.8 Å². The lowest BCUT2D eigenvalue weighted by Gasteiger charge is -2.32. The van der Waals surface area contributed by atoms with Gasteiger partial charge in [0.1, 0.15) is 30.2 Å². The van der Waals surface area contributed by atoms with Crippen molar-refractivity contribution >= 4 is 6.09 Å². The molecule has 10 heteroatoms. The lowest BCUT2D eigenvalue weighted by atomic mass is 9.90. The van der Waals surface area contributed by atoms with Gasteiger partial charge in [0.2, 0.25) is 0 Å². The van der Waals surface area contributed by atoms with Crippen LogP contribution in [0.15, 0.2) is 85.1 Å². The summed E-state index contributed by atoms with van der Waals surface area (Å²) in [5, 5.41) is 3.59. The second-order valence-corrected chi connectivity index (χ2v) is 11.8. The lowest BCUT2D eigenvalue weighted by Crippen LogP contribution is -2.38. The Kier molecular flexibility index (Phi) is 9.81. The molecule has 0 spiro atoms. The van der Waals surface area contributed by atoms with Crippen LogP contribution in [-0.4, -0.2) is 59.6 Å². The highest BCUT2D eigenvalue weighted by molar-refractivity contribution is 5.68.